The highest BCUT2D eigenvalue weighted by atomic mass is 32.2. The molecule has 0 unspecified atom stereocenters. The first-order valence-corrected chi connectivity index (χ1v) is 10.2. The molecule has 0 aromatic heterocycles. The summed E-state index contributed by atoms with van der Waals surface area (Å²) in [7, 11) is 0. The predicted molar refractivity (Wildman–Crippen MR) is 88.7 cm³/mol. The van der Waals surface area contributed by atoms with Gasteiger partial charge in [-0.3, -0.25) is 4.79 Å². The molecular weight excluding hydrogens is 290 g/mol. The average Bonchev–Trinajstić information content (AvgIpc) is 2.74. The summed E-state index contributed by atoms with van der Waals surface area (Å²) < 4.78 is 5.71. The highest BCUT2D eigenvalue weighted by Crippen LogP contribution is 2.21. The molecule has 2 rings (SSSR count). The third-order valence-electron chi connectivity index (χ3n) is 4.12. The van der Waals surface area contributed by atoms with Gasteiger partial charge in [-0.1, -0.05) is 6.42 Å². The van der Waals surface area contributed by atoms with E-state index in [2.05, 4.69) is 11.2 Å². The van der Waals surface area contributed by atoms with Gasteiger partial charge in [-0.05, 0) is 38.4 Å². The highest BCUT2D eigenvalue weighted by Gasteiger charge is 2.22. The first-order valence-electron chi connectivity index (χ1n) is 7.79. The summed E-state index contributed by atoms with van der Waals surface area (Å²) in [5, 5.41) is 0.633. The molecule has 2 heterocycles. The van der Waals surface area contributed by atoms with Crippen molar-refractivity contribution in [3.05, 3.63) is 0 Å². The largest absolute Gasteiger partial charge is 0.377 e. The van der Waals surface area contributed by atoms with E-state index in [9.17, 15) is 4.79 Å². The van der Waals surface area contributed by atoms with E-state index < -0.39 is 0 Å². The number of ether oxygens (including phenoxy) is 1. The molecule has 0 aromatic rings. The number of nitrogens with zero attached hydrogens (tertiary/aromatic N) is 1. The standard InChI is InChI=1S/C15H27NO2S2/c1-19-14-7-2-4-8-16(10-14)15(17)12-20-11-13-6-3-5-9-18-13/h13-14H,2-12H2,1H3/t13-,14-/m1/s1. The van der Waals surface area contributed by atoms with Crippen LogP contribution in [0.15, 0.2) is 0 Å². The molecule has 1 amide bonds. The number of carbonyl (C=O) groups is 1. The Labute approximate surface area is 131 Å². The van der Waals surface area contributed by atoms with Crippen LogP contribution in [0.25, 0.3) is 0 Å². The van der Waals surface area contributed by atoms with E-state index in [0.717, 1.165) is 25.4 Å². The van der Waals surface area contributed by atoms with Crippen molar-refractivity contribution in [1.29, 1.82) is 0 Å². The molecule has 2 fully saturated rings. The zero-order chi connectivity index (χ0) is 14.2. The van der Waals surface area contributed by atoms with Crippen molar-refractivity contribution in [2.24, 2.45) is 0 Å². The van der Waals surface area contributed by atoms with Gasteiger partial charge in [0.15, 0.2) is 0 Å². The Kier molecular flexibility index (Phi) is 7.60. The van der Waals surface area contributed by atoms with E-state index in [4.69, 9.17) is 4.74 Å². The van der Waals surface area contributed by atoms with Gasteiger partial charge in [0.25, 0.3) is 0 Å². The summed E-state index contributed by atoms with van der Waals surface area (Å²) >= 11 is 3.66. The second kappa shape index (κ2) is 9.21. The monoisotopic (exact) mass is 317 g/mol. The Morgan fingerprint density at radius 1 is 1.25 bits per heavy atom. The average molecular weight is 318 g/mol. The highest BCUT2D eigenvalue weighted by molar-refractivity contribution is 8.00. The van der Waals surface area contributed by atoms with E-state index >= 15 is 0 Å². The van der Waals surface area contributed by atoms with Crippen molar-refractivity contribution in [3.8, 4) is 0 Å². The molecule has 2 atom stereocenters. The van der Waals surface area contributed by atoms with E-state index in [1.807, 2.05) is 11.8 Å². The van der Waals surface area contributed by atoms with E-state index in [-0.39, 0.29) is 0 Å². The number of likely N-dealkylation sites (tertiary alicyclic amines) is 1. The Bertz CT molecular complexity index is 296. The molecule has 20 heavy (non-hydrogen) atoms. The lowest BCUT2D eigenvalue weighted by Gasteiger charge is -2.25. The van der Waals surface area contributed by atoms with Crippen molar-refractivity contribution >= 4 is 29.4 Å². The molecule has 0 spiro atoms. The molecule has 0 aromatic carbocycles. The lowest BCUT2D eigenvalue weighted by molar-refractivity contribution is -0.128. The van der Waals surface area contributed by atoms with Crippen LogP contribution in [0.3, 0.4) is 0 Å². The Morgan fingerprint density at radius 2 is 2.10 bits per heavy atom. The number of amides is 1. The summed E-state index contributed by atoms with van der Waals surface area (Å²) in [5.74, 6) is 1.93. The van der Waals surface area contributed by atoms with Crippen LogP contribution in [0.5, 0.6) is 0 Å². The van der Waals surface area contributed by atoms with Crippen molar-refractivity contribution in [3.63, 3.8) is 0 Å². The summed E-state index contributed by atoms with van der Waals surface area (Å²) in [5.41, 5.74) is 0. The van der Waals surface area contributed by atoms with Gasteiger partial charge in [-0.25, -0.2) is 0 Å². The Balaban J connectivity index is 1.67. The number of carbonyl (C=O) groups excluding carboxylic acids is 1. The van der Waals surface area contributed by atoms with E-state index in [1.54, 1.807) is 11.8 Å². The maximum absolute atomic E-state index is 12.3. The van der Waals surface area contributed by atoms with Gasteiger partial charge in [0, 0.05) is 30.7 Å². The maximum atomic E-state index is 12.3. The second-order valence-corrected chi connectivity index (χ2v) is 7.87. The number of hydrogen-bond acceptors (Lipinski definition) is 4. The van der Waals surface area contributed by atoms with Crippen LogP contribution in [-0.4, -0.2) is 59.6 Å². The van der Waals surface area contributed by atoms with Crippen molar-refractivity contribution < 1.29 is 9.53 Å². The summed E-state index contributed by atoms with van der Waals surface area (Å²) in [6.45, 7) is 2.80. The summed E-state index contributed by atoms with van der Waals surface area (Å²) in [6, 6.07) is 0. The van der Waals surface area contributed by atoms with Crippen LogP contribution in [0.1, 0.15) is 38.5 Å². The van der Waals surface area contributed by atoms with Gasteiger partial charge in [0.1, 0.15) is 0 Å². The first kappa shape index (κ1) is 16.5. The van der Waals surface area contributed by atoms with Crippen molar-refractivity contribution in [1.82, 2.24) is 4.90 Å². The quantitative estimate of drug-likeness (QED) is 0.779. The summed E-state index contributed by atoms with van der Waals surface area (Å²) in [4.78, 5) is 14.4. The fourth-order valence-electron chi connectivity index (χ4n) is 2.83. The lowest BCUT2D eigenvalue weighted by Crippen LogP contribution is -2.37. The Hall–Kier alpha value is 0.130. The van der Waals surface area contributed by atoms with Gasteiger partial charge in [-0.15, -0.1) is 11.8 Å². The van der Waals surface area contributed by atoms with Gasteiger partial charge in [0.2, 0.25) is 5.91 Å². The van der Waals surface area contributed by atoms with Crippen LogP contribution >= 0.6 is 23.5 Å². The molecule has 5 heteroatoms. The second-order valence-electron chi connectivity index (χ2n) is 5.70. The SMILES string of the molecule is CS[C@@H]1CCCCN(C(=O)CSC[C@H]2CCCCO2)C1. The third-order valence-corrected chi connectivity index (χ3v) is 6.23. The fraction of sp³-hybridized carbons (Fsp3) is 0.933. The maximum Gasteiger partial charge on any atom is 0.232 e. The van der Waals surface area contributed by atoms with Crippen LogP contribution < -0.4 is 0 Å². The molecule has 0 bridgehead atoms. The number of hydrogen-bond donors (Lipinski definition) is 0. The van der Waals surface area contributed by atoms with Crippen LogP contribution in [0.2, 0.25) is 0 Å². The molecule has 0 radical (unpaired) electrons. The zero-order valence-electron chi connectivity index (χ0n) is 12.5. The minimum absolute atomic E-state index is 0.326. The molecule has 2 aliphatic rings. The third kappa shape index (κ3) is 5.49. The van der Waals surface area contributed by atoms with Crippen molar-refractivity contribution in [2.45, 2.75) is 49.9 Å². The predicted octanol–water partition coefficient (Wildman–Crippen LogP) is 3.03. The zero-order valence-corrected chi connectivity index (χ0v) is 14.1. The first-order chi connectivity index (χ1) is 9.79. The molecule has 0 N–H and O–H groups in total. The number of rotatable bonds is 5. The van der Waals surface area contributed by atoms with Crippen LogP contribution in [0, 0.1) is 0 Å². The lowest BCUT2D eigenvalue weighted by atomic mass is 10.1. The van der Waals surface area contributed by atoms with Crippen LogP contribution in [-0.2, 0) is 9.53 Å². The molecular formula is C15H27NO2S2. The number of thioether (sulfide) groups is 2. The topological polar surface area (TPSA) is 29.5 Å². The van der Waals surface area contributed by atoms with Crippen LogP contribution in [0.4, 0.5) is 0 Å². The molecule has 116 valence electrons. The van der Waals surface area contributed by atoms with E-state index in [0.29, 0.717) is 23.0 Å². The molecule has 0 aliphatic carbocycles. The van der Waals surface area contributed by atoms with Gasteiger partial charge < -0.3 is 9.64 Å². The molecule has 2 saturated heterocycles. The molecule has 0 saturated carbocycles. The normalized spacial score (nSPS) is 28.1. The van der Waals surface area contributed by atoms with E-state index in [1.165, 1.54) is 38.5 Å². The smallest absolute Gasteiger partial charge is 0.232 e. The fourth-order valence-corrected chi connectivity index (χ4v) is 4.56. The minimum atomic E-state index is 0.326. The Morgan fingerprint density at radius 3 is 2.85 bits per heavy atom. The minimum Gasteiger partial charge on any atom is -0.377 e. The van der Waals surface area contributed by atoms with Gasteiger partial charge in [-0.2, -0.15) is 11.8 Å². The van der Waals surface area contributed by atoms with Gasteiger partial charge in [0.05, 0.1) is 11.9 Å². The van der Waals surface area contributed by atoms with Gasteiger partial charge >= 0.3 is 0 Å². The molecule has 3 nitrogen and oxygen atoms in total. The summed E-state index contributed by atoms with van der Waals surface area (Å²) in [6.07, 6.45) is 9.87. The molecule has 2 aliphatic heterocycles. The van der Waals surface area contributed by atoms with Crippen molar-refractivity contribution in [2.75, 3.05) is 37.5 Å².